The largest absolute Gasteiger partial charge is 0.547 e. The third-order valence-corrected chi connectivity index (χ3v) is 8.72. The van der Waals surface area contributed by atoms with E-state index in [9.17, 15) is 30.3 Å². The lowest BCUT2D eigenvalue weighted by molar-refractivity contribution is -0.355. The number of aliphatic carboxylic acids is 1. The number of benzene rings is 1. The second-order valence-corrected chi connectivity index (χ2v) is 10.3. The topological polar surface area (TPSA) is 140 Å². The highest BCUT2D eigenvalue weighted by molar-refractivity contribution is 5.71. The van der Waals surface area contributed by atoms with Gasteiger partial charge in [-0.25, -0.2) is 0 Å². The molecule has 0 bridgehead atoms. The third-order valence-electron chi connectivity index (χ3n) is 8.72. The van der Waals surface area contributed by atoms with Crippen molar-refractivity contribution in [2.45, 2.75) is 88.2 Å². The number of carboxylic acids is 1. The van der Waals surface area contributed by atoms with Crippen molar-refractivity contribution in [2.75, 3.05) is 0 Å². The summed E-state index contributed by atoms with van der Waals surface area (Å²) in [5, 5.41) is 51.5. The first kappa shape index (κ1) is 22.1. The second kappa shape index (κ2) is 7.95. The lowest BCUT2D eigenvalue weighted by Gasteiger charge is -2.51. The van der Waals surface area contributed by atoms with Crippen molar-refractivity contribution in [1.29, 1.82) is 0 Å². The average molecular weight is 448 g/mol. The van der Waals surface area contributed by atoms with Crippen molar-refractivity contribution < 1.29 is 39.8 Å². The standard InChI is InChI=1S/C24H32O8/c1-24-9-8-14-13-5-3-12(25)10-11(13)2-4-15(14)16(24)6-7-17(24)31-23-20(28)18(26)19(27)21(32-23)22(29)30/h3,5,10,14-21,23,25-28H,2,4,6-9H2,1H3,(H,29,30)/p-1/t14?,15?,16?,17-,18-,19-,20+,21-,23?,24-/m0/s1. The van der Waals surface area contributed by atoms with Crippen molar-refractivity contribution in [3.63, 3.8) is 0 Å². The summed E-state index contributed by atoms with van der Waals surface area (Å²) >= 11 is 0. The van der Waals surface area contributed by atoms with Crippen LogP contribution < -0.4 is 5.11 Å². The van der Waals surface area contributed by atoms with E-state index in [0.717, 1.165) is 38.5 Å². The Morgan fingerprint density at radius 3 is 2.66 bits per heavy atom. The molecule has 1 aromatic carbocycles. The highest BCUT2D eigenvalue weighted by Crippen LogP contribution is 2.61. The van der Waals surface area contributed by atoms with Crippen LogP contribution >= 0.6 is 0 Å². The van der Waals surface area contributed by atoms with Gasteiger partial charge in [0.15, 0.2) is 6.29 Å². The fourth-order valence-electron chi connectivity index (χ4n) is 7.06. The Kier molecular flexibility index (Phi) is 5.49. The van der Waals surface area contributed by atoms with E-state index in [4.69, 9.17) is 9.47 Å². The molecular weight excluding hydrogens is 416 g/mol. The molecule has 5 rings (SSSR count). The molecule has 0 spiro atoms. The number of carbonyl (C=O) groups excluding carboxylic acids is 1. The van der Waals surface area contributed by atoms with Crippen molar-refractivity contribution in [3.8, 4) is 5.75 Å². The lowest BCUT2D eigenvalue weighted by atomic mass is 9.55. The molecule has 10 atom stereocenters. The quantitative estimate of drug-likeness (QED) is 0.515. The van der Waals surface area contributed by atoms with Gasteiger partial charge < -0.3 is 39.8 Å². The van der Waals surface area contributed by atoms with Crippen molar-refractivity contribution in [3.05, 3.63) is 29.3 Å². The van der Waals surface area contributed by atoms with E-state index < -0.39 is 36.7 Å². The minimum atomic E-state index is -1.78. The summed E-state index contributed by atoms with van der Waals surface area (Å²) < 4.78 is 11.5. The van der Waals surface area contributed by atoms with Crippen LogP contribution in [0.1, 0.15) is 56.1 Å². The highest BCUT2D eigenvalue weighted by Gasteiger charge is 2.57. The third kappa shape index (κ3) is 3.35. The number of hydrogen-bond acceptors (Lipinski definition) is 8. The first-order valence-corrected chi connectivity index (χ1v) is 11.6. The predicted molar refractivity (Wildman–Crippen MR) is 109 cm³/mol. The van der Waals surface area contributed by atoms with Crippen molar-refractivity contribution >= 4 is 5.97 Å². The molecule has 4 unspecified atom stereocenters. The van der Waals surface area contributed by atoms with Crippen LogP contribution in [0.15, 0.2) is 18.2 Å². The minimum absolute atomic E-state index is 0.156. The number of hydrogen-bond donors (Lipinski definition) is 4. The zero-order chi connectivity index (χ0) is 22.8. The van der Waals surface area contributed by atoms with Gasteiger partial charge in [-0.15, -0.1) is 0 Å². The average Bonchev–Trinajstić information content (AvgIpc) is 3.09. The maximum atomic E-state index is 11.3. The smallest absolute Gasteiger partial charge is 0.187 e. The molecule has 32 heavy (non-hydrogen) atoms. The van der Waals surface area contributed by atoms with E-state index in [-0.39, 0.29) is 11.5 Å². The maximum absolute atomic E-state index is 11.3. The van der Waals surface area contributed by atoms with Crippen molar-refractivity contribution in [1.82, 2.24) is 0 Å². The van der Waals surface area contributed by atoms with E-state index in [1.165, 1.54) is 11.1 Å². The van der Waals surface area contributed by atoms with Crippen LogP contribution in [0, 0.1) is 17.3 Å². The van der Waals surface area contributed by atoms with E-state index in [1.807, 2.05) is 6.07 Å². The number of phenols is 1. The van der Waals surface area contributed by atoms with Gasteiger partial charge in [-0.2, -0.15) is 0 Å². The number of carboxylic acid groups (broad SMARTS) is 1. The van der Waals surface area contributed by atoms with E-state index in [0.29, 0.717) is 23.5 Å². The second-order valence-electron chi connectivity index (χ2n) is 10.3. The molecule has 3 aliphatic carbocycles. The molecule has 4 N–H and O–H groups in total. The molecule has 3 fully saturated rings. The molecular formula is C24H31O8-. The van der Waals surface area contributed by atoms with Crippen LogP contribution in [0.4, 0.5) is 0 Å². The van der Waals surface area contributed by atoms with Gasteiger partial charge >= 0.3 is 0 Å². The molecule has 1 aliphatic heterocycles. The molecule has 1 heterocycles. The van der Waals surface area contributed by atoms with Crippen molar-refractivity contribution in [2.24, 2.45) is 17.3 Å². The number of carbonyl (C=O) groups is 1. The zero-order valence-electron chi connectivity index (χ0n) is 18.1. The number of rotatable bonds is 3. The van der Waals surface area contributed by atoms with Gasteiger partial charge in [0.1, 0.15) is 30.2 Å². The molecule has 0 aromatic heterocycles. The number of aliphatic hydroxyl groups excluding tert-OH is 3. The highest BCUT2D eigenvalue weighted by atomic mass is 16.7. The Bertz CT molecular complexity index is 889. The van der Waals surface area contributed by atoms with Gasteiger partial charge in [-0.05, 0) is 85.0 Å². The Morgan fingerprint density at radius 1 is 1.12 bits per heavy atom. The molecule has 4 aliphatic rings. The summed E-state index contributed by atoms with van der Waals surface area (Å²) in [6.07, 6.45) is -2.75. The van der Waals surface area contributed by atoms with E-state index >= 15 is 0 Å². The number of aliphatic hydroxyl groups is 3. The molecule has 8 heteroatoms. The SMILES string of the molecule is C[C@]12CCC3c4ccc(O)cc4CCC3C1CC[C@@H]2OC1O[C@H](C(=O)[O-])[C@@H](O)[C@H](O)[C@H]1O. The molecule has 1 aromatic rings. The van der Waals surface area contributed by atoms with E-state index in [1.54, 1.807) is 6.07 Å². The number of ether oxygens (including phenoxy) is 2. The van der Waals surface area contributed by atoms with Crippen LogP contribution in [0.3, 0.4) is 0 Å². The summed E-state index contributed by atoms with van der Waals surface area (Å²) in [6.45, 7) is 2.20. The number of aromatic hydroxyl groups is 1. The molecule has 0 amide bonds. The van der Waals surface area contributed by atoms with Gasteiger partial charge in [0.05, 0.1) is 12.1 Å². The fraction of sp³-hybridized carbons (Fsp3) is 0.708. The van der Waals surface area contributed by atoms with Crippen LogP contribution in [0.2, 0.25) is 0 Å². The number of phenolic OH excluding ortho intramolecular Hbond substituents is 1. The van der Waals surface area contributed by atoms with Gasteiger partial charge in [0.2, 0.25) is 0 Å². The fourth-order valence-corrected chi connectivity index (χ4v) is 7.06. The minimum Gasteiger partial charge on any atom is -0.547 e. The predicted octanol–water partition coefficient (Wildman–Crippen LogP) is 0.191. The summed E-state index contributed by atoms with van der Waals surface area (Å²) in [6, 6.07) is 5.71. The number of aryl methyl sites for hydroxylation is 1. The summed E-state index contributed by atoms with van der Waals surface area (Å²) in [5.41, 5.74) is 2.42. The van der Waals surface area contributed by atoms with E-state index in [2.05, 4.69) is 13.0 Å². The van der Waals surface area contributed by atoms with Gasteiger partial charge in [-0.3, -0.25) is 0 Å². The molecule has 2 saturated carbocycles. The summed E-state index contributed by atoms with van der Waals surface area (Å²) in [4.78, 5) is 11.3. The van der Waals surface area contributed by atoms with Gasteiger partial charge in [0, 0.05) is 0 Å². The Hall–Kier alpha value is -1.71. The van der Waals surface area contributed by atoms with Crippen LogP contribution in [0.25, 0.3) is 0 Å². The van der Waals surface area contributed by atoms with Gasteiger partial charge in [-0.1, -0.05) is 13.0 Å². The summed E-state index contributed by atoms with van der Waals surface area (Å²) in [5.74, 6) is 0.0267. The summed E-state index contributed by atoms with van der Waals surface area (Å²) in [7, 11) is 0. The maximum Gasteiger partial charge on any atom is 0.187 e. The monoisotopic (exact) mass is 447 g/mol. The van der Waals surface area contributed by atoms with Crippen LogP contribution in [0.5, 0.6) is 5.75 Å². The first-order valence-electron chi connectivity index (χ1n) is 11.6. The zero-order valence-corrected chi connectivity index (χ0v) is 18.1. The molecule has 8 nitrogen and oxygen atoms in total. The van der Waals surface area contributed by atoms with Crippen LogP contribution in [-0.4, -0.2) is 63.2 Å². The molecule has 176 valence electrons. The van der Waals surface area contributed by atoms with Gasteiger partial charge in [0.25, 0.3) is 0 Å². The lowest BCUT2D eigenvalue weighted by Crippen LogP contribution is -2.63. The Balaban J connectivity index is 1.34. The molecule has 0 radical (unpaired) electrons. The number of fused-ring (bicyclic) bond motifs is 5. The Morgan fingerprint density at radius 2 is 1.91 bits per heavy atom. The Labute approximate surface area is 186 Å². The van der Waals surface area contributed by atoms with Crippen LogP contribution in [-0.2, 0) is 20.7 Å². The first-order chi connectivity index (χ1) is 15.2. The molecule has 1 saturated heterocycles. The normalized spacial score (nSPS) is 45.6.